The van der Waals surface area contributed by atoms with Crippen molar-refractivity contribution < 1.29 is 4.79 Å². The van der Waals surface area contributed by atoms with E-state index in [1.165, 1.54) is 5.56 Å². The number of nitrogens with one attached hydrogen (secondary N) is 1. The molecule has 1 aromatic rings. The summed E-state index contributed by atoms with van der Waals surface area (Å²) in [5, 5.41) is 3.08. The van der Waals surface area contributed by atoms with E-state index in [0.717, 1.165) is 25.7 Å². The van der Waals surface area contributed by atoms with E-state index in [2.05, 4.69) is 35.6 Å². The van der Waals surface area contributed by atoms with E-state index in [1.54, 1.807) is 0 Å². The van der Waals surface area contributed by atoms with E-state index < -0.39 is 0 Å². The third-order valence-electron chi connectivity index (χ3n) is 4.12. The zero-order valence-electron chi connectivity index (χ0n) is 11.6. The number of rotatable bonds is 4. The molecule has 1 amide bonds. The van der Waals surface area contributed by atoms with Crippen LogP contribution in [0.5, 0.6) is 0 Å². The molecule has 0 saturated heterocycles. The lowest BCUT2D eigenvalue weighted by Gasteiger charge is -2.30. The minimum atomic E-state index is -0.355. The van der Waals surface area contributed by atoms with Crippen molar-refractivity contribution >= 4 is 5.91 Å². The van der Waals surface area contributed by atoms with Gasteiger partial charge in [-0.1, -0.05) is 37.3 Å². The summed E-state index contributed by atoms with van der Waals surface area (Å²) in [6, 6.07) is 10.6. The highest BCUT2D eigenvalue weighted by molar-refractivity contribution is 5.81. The van der Waals surface area contributed by atoms with Gasteiger partial charge in [-0.15, -0.1) is 0 Å². The van der Waals surface area contributed by atoms with Crippen LogP contribution < -0.4 is 11.1 Å². The molecule has 3 heteroatoms. The lowest BCUT2D eigenvalue weighted by molar-refractivity contribution is -0.123. The highest BCUT2D eigenvalue weighted by Crippen LogP contribution is 2.32. The largest absolute Gasteiger partial charge is 0.352 e. The van der Waals surface area contributed by atoms with Gasteiger partial charge in [0.05, 0.1) is 6.04 Å². The summed E-state index contributed by atoms with van der Waals surface area (Å²) >= 11 is 0. The topological polar surface area (TPSA) is 55.1 Å². The molecule has 1 aliphatic carbocycles. The van der Waals surface area contributed by atoms with Crippen LogP contribution in [0.25, 0.3) is 0 Å². The Bertz CT molecular complexity index is 396. The molecule has 0 spiro atoms. The molecule has 0 unspecified atom stereocenters. The second kappa shape index (κ2) is 6.71. The quantitative estimate of drug-likeness (QED) is 0.874. The molecule has 1 fully saturated rings. The van der Waals surface area contributed by atoms with Crippen LogP contribution in [0.3, 0.4) is 0 Å². The van der Waals surface area contributed by atoms with Gasteiger partial charge in [-0.2, -0.15) is 0 Å². The van der Waals surface area contributed by atoms with Crippen LogP contribution in [0, 0.1) is 0 Å². The zero-order chi connectivity index (χ0) is 13.7. The molecular weight excluding hydrogens is 236 g/mol. The first-order chi connectivity index (χ1) is 9.20. The first-order valence-electron chi connectivity index (χ1n) is 7.31. The van der Waals surface area contributed by atoms with Crippen molar-refractivity contribution in [3.8, 4) is 0 Å². The lowest BCUT2D eigenvalue weighted by atomic mass is 9.81. The third kappa shape index (κ3) is 3.80. The van der Waals surface area contributed by atoms with Crippen molar-refractivity contribution in [3.05, 3.63) is 35.9 Å². The Labute approximate surface area is 115 Å². The molecule has 0 aliphatic heterocycles. The van der Waals surface area contributed by atoms with Crippen LogP contribution in [0.1, 0.15) is 50.5 Å². The molecule has 0 aromatic heterocycles. The molecule has 1 aliphatic rings. The average Bonchev–Trinajstić information content (AvgIpc) is 2.48. The molecule has 0 bridgehead atoms. The summed E-state index contributed by atoms with van der Waals surface area (Å²) < 4.78 is 0. The van der Waals surface area contributed by atoms with Gasteiger partial charge < -0.3 is 11.1 Å². The first-order valence-corrected chi connectivity index (χ1v) is 7.31. The normalized spacial score (nSPS) is 24.7. The predicted molar refractivity (Wildman–Crippen MR) is 77.8 cm³/mol. The van der Waals surface area contributed by atoms with Crippen LogP contribution in [-0.4, -0.2) is 18.0 Å². The Balaban J connectivity index is 1.81. The Hall–Kier alpha value is -1.35. The van der Waals surface area contributed by atoms with Crippen molar-refractivity contribution in [2.75, 3.05) is 0 Å². The van der Waals surface area contributed by atoms with Crippen molar-refractivity contribution in [3.63, 3.8) is 0 Å². The van der Waals surface area contributed by atoms with Crippen molar-refractivity contribution in [2.24, 2.45) is 5.73 Å². The average molecular weight is 260 g/mol. The van der Waals surface area contributed by atoms with Gasteiger partial charge in [0.15, 0.2) is 0 Å². The van der Waals surface area contributed by atoms with Crippen LogP contribution in [0.2, 0.25) is 0 Å². The molecule has 1 atom stereocenters. The molecule has 3 nitrogen and oxygen atoms in total. The molecule has 1 saturated carbocycles. The fourth-order valence-electron chi connectivity index (χ4n) is 2.79. The number of hydrogen-bond donors (Lipinski definition) is 2. The number of nitrogens with two attached hydrogens (primary N) is 1. The number of carbonyl (C=O) groups excluding carboxylic acids is 1. The highest BCUT2D eigenvalue weighted by atomic mass is 16.2. The third-order valence-corrected chi connectivity index (χ3v) is 4.12. The summed E-state index contributed by atoms with van der Waals surface area (Å²) in [5.74, 6) is 0.653. The molecule has 0 radical (unpaired) electrons. The Morgan fingerprint density at radius 2 is 1.89 bits per heavy atom. The maximum absolute atomic E-state index is 11.8. The number of carbonyl (C=O) groups is 1. The number of amides is 1. The Morgan fingerprint density at radius 1 is 1.26 bits per heavy atom. The second-order valence-corrected chi connectivity index (χ2v) is 5.48. The fraction of sp³-hybridized carbons (Fsp3) is 0.562. The summed E-state index contributed by atoms with van der Waals surface area (Å²) in [6.45, 7) is 1.94. The van der Waals surface area contributed by atoms with Crippen molar-refractivity contribution in [1.82, 2.24) is 5.32 Å². The van der Waals surface area contributed by atoms with Gasteiger partial charge in [-0.3, -0.25) is 4.79 Å². The van der Waals surface area contributed by atoms with Gasteiger partial charge in [-0.05, 0) is 43.6 Å². The molecule has 1 aromatic carbocycles. The summed E-state index contributed by atoms with van der Waals surface area (Å²) in [6.07, 6.45) is 5.11. The van der Waals surface area contributed by atoms with E-state index in [1.807, 2.05) is 6.92 Å². The van der Waals surface area contributed by atoms with E-state index in [4.69, 9.17) is 5.73 Å². The molecule has 19 heavy (non-hydrogen) atoms. The van der Waals surface area contributed by atoms with Crippen LogP contribution >= 0.6 is 0 Å². The number of benzene rings is 1. The van der Waals surface area contributed by atoms with E-state index >= 15 is 0 Å². The van der Waals surface area contributed by atoms with Gasteiger partial charge in [0.2, 0.25) is 5.91 Å². The maximum atomic E-state index is 11.8. The van der Waals surface area contributed by atoms with E-state index in [9.17, 15) is 4.79 Å². The first kappa shape index (κ1) is 14.1. The summed E-state index contributed by atoms with van der Waals surface area (Å²) in [7, 11) is 0. The Morgan fingerprint density at radius 3 is 2.47 bits per heavy atom. The zero-order valence-corrected chi connectivity index (χ0v) is 11.6. The molecule has 2 rings (SSSR count). The second-order valence-electron chi connectivity index (χ2n) is 5.48. The highest BCUT2D eigenvalue weighted by Gasteiger charge is 2.24. The molecular formula is C16H24N2O. The standard InChI is InChI=1S/C16H24N2O/c1-2-15(17)16(19)18-14-10-8-13(9-11-14)12-6-4-3-5-7-12/h3-7,13-15H,2,8-11,17H2,1H3,(H,18,19)/t13?,14?,15-/m1/s1. The van der Waals surface area contributed by atoms with Gasteiger partial charge in [0, 0.05) is 6.04 Å². The maximum Gasteiger partial charge on any atom is 0.237 e. The minimum absolute atomic E-state index is 0.00524. The molecule has 104 valence electrons. The van der Waals surface area contributed by atoms with Crippen molar-refractivity contribution in [1.29, 1.82) is 0 Å². The van der Waals surface area contributed by atoms with E-state index in [0.29, 0.717) is 18.4 Å². The van der Waals surface area contributed by atoms with Crippen LogP contribution in [-0.2, 0) is 4.79 Å². The summed E-state index contributed by atoms with van der Waals surface area (Å²) in [5.41, 5.74) is 7.17. The fourth-order valence-corrected chi connectivity index (χ4v) is 2.79. The summed E-state index contributed by atoms with van der Waals surface area (Å²) in [4.78, 5) is 11.8. The van der Waals surface area contributed by atoms with Crippen molar-refractivity contribution in [2.45, 2.75) is 57.0 Å². The monoisotopic (exact) mass is 260 g/mol. The Kier molecular flexibility index (Phi) is 4.97. The minimum Gasteiger partial charge on any atom is -0.352 e. The van der Waals surface area contributed by atoms with Gasteiger partial charge in [0.1, 0.15) is 0 Å². The number of hydrogen-bond acceptors (Lipinski definition) is 2. The van der Waals surface area contributed by atoms with Crippen LogP contribution in [0.15, 0.2) is 30.3 Å². The van der Waals surface area contributed by atoms with Gasteiger partial charge in [0.25, 0.3) is 0 Å². The molecule has 0 heterocycles. The molecule has 3 N–H and O–H groups in total. The van der Waals surface area contributed by atoms with Gasteiger partial charge >= 0.3 is 0 Å². The predicted octanol–water partition coefficient (Wildman–Crippen LogP) is 2.57. The lowest BCUT2D eigenvalue weighted by Crippen LogP contribution is -2.46. The SMILES string of the molecule is CC[C@@H](N)C(=O)NC1CCC(c2ccccc2)CC1. The van der Waals surface area contributed by atoms with Gasteiger partial charge in [-0.25, -0.2) is 0 Å². The van der Waals surface area contributed by atoms with Crippen LogP contribution in [0.4, 0.5) is 0 Å². The van der Waals surface area contributed by atoms with E-state index in [-0.39, 0.29) is 11.9 Å². The smallest absolute Gasteiger partial charge is 0.237 e.